The van der Waals surface area contributed by atoms with E-state index in [0.717, 1.165) is 59.6 Å². The number of fused-ring (bicyclic) bond motifs is 2. The lowest BCUT2D eigenvalue weighted by molar-refractivity contribution is 0.0342. The Labute approximate surface area is 178 Å². The molecule has 0 spiro atoms. The minimum atomic E-state index is -0.126. The van der Waals surface area contributed by atoms with Crippen LogP contribution in [0.2, 0.25) is 0 Å². The maximum Gasteiger partial charge on any atom is 0.259 e. The Kier molecular flexibility index (Phi) is 5.65. The Hall–Kier alpha value is -2.32. The zero-order valence-electron chi connectivity index (χ0n) is 16.0. The van der Waals surface area contributed by atoms with Gasteiger partial charge in [-0.05, 0) is 47.0 Å². The van der Waals surface area contributed by atoms with Crippen molar-refractivity contribution in [1.29, 1.82) is 0 Å². The second-order valence-electron chi connectivity index (χ2n) is 7.14. The van der Waals surface area contributed by atoms with Gasteiger partial charge in [0.2, 0.25) is 0 Å². The van der Waals surface area contributed by atoms with E-state index in [1.807, 2.05) is 36.7 Å². The maximum absolute atomic E-state index is 12.8. The first-order valence-corrected chi connectivity index (χ1v) is 10.2. The van der Waals surface area contributed by atoms with E-state index in [1.54, 1.807) is 11.3 Å². The van der Waals surface area contributed by atoms with Gasteiger partial charge in [-0.3, -0.25) is 14.7 Å². The maximum atomic E-state index is 12.8. The van der Waals surface area contributed by atoms with E-state index in [0.29, 0.717) is 16.9 Å². The Balaban J connectivity index is 0.00000205. The molecule has 150 valence electrons. The van der Waals surface area contributed by atoms with Gasteiger partial charge in [0, 0.05) is 25.8 Å². The average Bonchev–Trinajstić information content (AvgIpc) is 3.17. The van der Waals surface area contributed by atoms with Gasteiger partial charge in [0.25, 0.3) is 5.56 Å². The number of thiophene rings is 1. The molecule has 1 aromatic carbocycles. The lowest BCUT2D eigenvalue weighted by Crippen LogP contribution is -2.35. The second-order valence-corrected chi connectivity index (χ2v) is 8.09. The largest absolute Gasteiger partial charge is 0.379 e. The highest BCUT2D eigenvalue weighted by Crippen LogP contribution is 2.25. The van der Waals surface area contributed by atoms with Crippen LogP contribution in [-0.2, 0) is 11.3 Å². The third kappa shape index (κ3) is 3.91. The molecule has 3 aromatic heterocycles. The smallest absolute Gasteiger partial charge is 0.259 e. The van der Waals surface area contributed by atoms with E-state index in [2.05, 4.69) is 20.9 Å². The van der Waals surface area contributed by atoms with Crippen LogP contribution < -0.4 is 5.56 Å². The Morgan fingerprint density at radius 3 is 2.90 bits per heavy atom. The topological polar surface area (TPSA) is 71.1 Å². The van der Waals surface area contributed by atoms with E-state index in [1.165, 1.54) is 0 Å². The predicted molar refractivity (Wildman–Crippen MR) is 119 cm³/mol. The molecule has 1 N–H and O–H groups in total. The minimum Gasteiger partial charge on any atom is -0.379 e. The summed E-state index contributed by atoms with van der Waals surface area (Å²) in [6.07, 6.45) is 1.83. The molecule has 1 saturated heterocycles. The number of aryl methyl sites for hydroxylation is 1. The van der Waals surface area contributed by atoms with Crippen molar-refractivity contribution < 1.29 is 4.74 Å². The van der Waals surface area contributed by atoms with Crippen LogP contribution in [0.25, 0.3) is 32.5 Å². The molecule has 0 bridgehead atoms. The molecule has 0 aliphatic carbocycles. The van der Waals surface area contributed by atoms with Crippen LogP contribution in [0.15, 0.2) is 40.6 Å². The van der Waals surface area contributed by atoms with Gasteiger partial charge in [0.05, 0.1) is 28.8 Å². The lowest BCUT2D eigenvalue weighted by Gasteiger charge is -2.26. The fourth-order valence-electron chi connectivity index (χ4n) is 3.72. The number of hydrogen-bond donors (Lipinski definition) is 1. The van der Waals surface area contributed by atoms with Crippen LogP contribution in [0.5, 0.6) is 0 Å². The van der Waals surface area contributed by atoms with Crippen molar-refractivity contribution >= 4 is 44.7 Å². The summed E-state index contributed by atoms with van der Waals surface area (Å²) in [6.45, 7) is 6.19. The molecule has 8 heteroatoms. The number of rotatable bonds is 3. The number of ether oxygens (including phenoxy) is 1. The predicted octanol–water partition coefficient (Wildman–Crippen LogP) is 3.76. The number of hydrogen-bond acceptors (Lipinski definition) is 6. The molecule has 0 saturated carbocycles. The van der Waals surface area contributed by atoms with Gasteiger partial charge >= 0.3 is 0 Å². The van der Waals surface area contributed by atoms with Gasteiger partial charge in [0.1, 0.15) is 5.69 Å². The van der Waals surface area contributed by atoms with Gasteiger partial charge in [-0.15, -0.1) is 23.7 Å². The lowest BCUT2D eigenvalue weighted by atomic mass is 10.1. The summed E-state index contributed by atoms with van der Waals surface area (Å²) in [5.41, 5.74) is 3.42. The molecule has 29 heavy (non-hydrogen) atoms. The molecule has 4 heterocycles. The summed E-state index contributed by atoms with van der Waals surface area (Å²) >= 11 is 1.65. The highest BCUT2D eigenvalue weighted by molar-refractivity contribution is 7.17. The molecule has 0 unspecified atom stereocenters. The van der Waals surface area contributed by atoms with Gasteiger partial charge in [-0.25, -0.2) is 4.98 Å². The normalized spacial score (nSPS) is 14.9. The summed E-state index contributed by atoms with van der Waals surface area (Å²) < 4.78 is 6.54. The second kappa shape index (κ2) is 8.20. The zero-order chi connectivity index (χ0) is 19.1. The summed E-state index contributed by atoms with van der Waals surface area (Å²) in [5, 5.41) is 3.77. The van der Waals surface area contributed by atoms with Crippen molar-refractivity contribution in [2.24, 2.45) is 0 Å². The van der Waals surface area contributed by atoms with E-state index in [-0.39, 0.29) is 18.0 Å². The standard InChI is InChI=1S/C21H20N4O2S.ClH/c1-13-8-14(12-25-3-5-27-6-4-25)9-16-19(13)23-20(24-21(16)26)17-10-15-2-7-28-18(15)11-22-17;/h2,7-11H,3-6,12H2,1H3,(H,23,24,26);1H. The fraction of sp³-hybridized carbons (Fsp3) is 0.286. The highest BCUT2D eigenvalue weighted by Gasteiger charge is 2.14. The molecular weight excluding hydrogens is 408 g/mol. The summed E-state index contributed by atoms with van der Waals surface area (Å²) in [4.78, 5) is 27.3. The molecule has 1 aliphatic rings. The number of H-pyrrole nitrogens is 1. The van der Waals surface area contributed by atoms with Gasteiger partial charge in [-0.1, -0.05) is 6.07 Å². The quantitative estimate of drug-likeness (QED) is 0.538. The number of morpholine rings is 1. The van der Waals surface area contributed by atoms with Crippen LogP contribution in [0.4, 0.5) is 0 Å². The van der Waals surface area contributed by atoms with Crippen LogP contribution in [0.1, 0.15) is 11.1 Å². The molecule has 0 amide bonds. The van der Waals surface area contributed by atoms with Crippen LogP contribution in [-0.4, -0.2) is 46.2 Å². The van der Waals surface area contributed by atoms with Gasteiger partial charge < -0.3 is 9.72 Å². The number of pyridine rings is 1. The molecule has 0 radical (unpaired) electrons. The first-order chi connectivity index (χ1) is 13.7. The number of aromatic amines is 1. The Morgan fingerprint density at radius 1 is 1.24 bits per heavy atom. The molecule has 6 nitrogen and oxygen atoms in total. The molecule has 1 fully saturated rings. The highest BCUT2D eigenvalue weighted by atomic mass is 35.5. The van der Waals surface area contributed by atoms with Crippen molar-refractivity contribution in [1.82, 2.24) is 19.9 Å². The van der Waals surface area contributed by atoms with Gasteiger partial charge in [-0.2, -0.15) is 0 Å². The SMILES string of the molecule is Cc1cc(CN2CCOCC2)cc2c(=O)[nH]c(-c3cc4ccsc4cn3)nc12.Cl. The Morgan fingerprint density at radius 2 is 2.07 bits per heavy atom. The summed E-state index contributed by atoms with van der Waals surface area (Å²) in [5.74, 6) is 0.509. The van der Waals surface area contributed by atoms with Crippen LogP contribution in [0, 0.1) is 6.92 Å². The minimum absolute atomic E-state index is 0. The van der Waals surface area contributed by atoms with Crippen LogP contribution >= 0.6 is 23.7 Å². The number of halogens is 1. The number of benzene rings is 1. The van der Waals surface area contributed by atoms with Crippen LogP contribution in [0.3, 0.4) is 0 Å². The van der Waals surface area contributed by atoms with E-state index in [4.69, 9.17) is 9.72 Å². The fourth-order valence-corrected chi connectivity index (χ4v) is 4.46. The summed E-state index contributed by atoms with van der Waals surface area (Å²) in [7, 11) is 0. The van der Waals surface area contributed by atoms with Crippen molar-refractivity contribution in [2.45, 2.75) is 13.5 Å². The van der Waals surface area contributed by atoms with Crippen molar-refractivity contribution in [3.8, 4) is 11.5 Å². The number of nitrogens with one attached hydrogen (secondary N) is 1. The third-order valence-corrected chi connectivity index (χ3v) is 6.02. The first-order valence-electron chi connectivity index (χ1n) is 9.35. The molecule has 4 aromatic rings. The monoisotopic (exact) mass is 428 g/mol. The number of nitrogens with zero attached hydrogens (tertiary/aromatic N) is 3. The van der Waals surface area contributed by atoms with Gasteiger partial charge in [0.15, 0.2) is 5.82 Å². The molecule has 0 atom stereocenters. The molecular formula is C21H21ClN4O2S. The average molecular weight is 429 g/mol. The third-order valence-electron chi connectivity index (χ3n) is 5.15. The summed E-state index contributed by atoms with van der Waals surface area (Å²) in [6, 6.07) is 8.11. The first kappa shape index (κ1) is 20.0. The van der Waals surface area contributed by atoms with E-state index < -0.39 is 0 Å². The van der Waals surface area contributed by atoms with Crippen molar-refractivity contribution in [3.05, 3.63) is 57.3 Å². The van der Waals surface area contributed by atoms with Crippen molar-refractivity contribution in [2.75, 3.05) is 26.3 Å². The van der Waals surface area contributed by atoms with E-state index in [9.17, 15) is 4.79 Å². The number of aromatic nitrogens is 3. The Bertz CT molecular complexity index is 1230. The molecule has 1 aliphatic heterocycles. The van der Waals surface area contributed by atoms with E-state index >= 15 is 0 Å². The molecule has 5 rings (SSSR count). The van der Waals surface area contributed by atoms with Crippen molar-refractivity contribution in [3.63, 3.8) is 0 Å². The zero-order valence-corrected chi connectivity index (χ0v) is 17.6.